The Morgan fingerprint density at radius 2 is 1.94 bits per heavy atom. The van der Waals surface area contributed by atoms with Crippen LogP contribution in [0.25, 0.3) is 22.6 Å². The molecule has 4 heterocycles. The minimum atomic E-state index is -0.269. The second kappa shape index (κ2) is 8.84. The van der Waals surface area contributed by atoms with Gasteiger partial charge in [-0.1, -0.05) is 6.07 Å². The maximum atomic E-state index is 13.5. The third-order valence-corrected chi connectivity index (χ3v) is 5.81. The van der Waals surface area contributed by atoms with Crippen LogP contribution in [-0.2, 0) is 6.54 Å². The molecule has 8 heteroatoms. The number of benzene rings is 1. The molecular weight excluding hydrogens is 407 g/mol. The molecule has 5 rings (SSSR count). The molecule has 1 fully saturated rings. The van der Waals surface area contributed by atoms with Crippen LogP contribution in [0, 0.1) is 5.82 Å². The zero-order valence-electron chi connectivity index (χ0n) is 17.7. The number of hydrogen-bond acceptors (Lipinski definition) is 6. The molecule has 162 valence electrons. The number of pyridine rings is 1. The highest BCUT2D eigenvalue weighted by atomic mass is 19.1. The first-order valence-electron chi connectivity index (χ1n) is 10.5. The molecule has 0 saturated carbocycles. The summed E-state index contributed by atoms with van der Waals surface area (Å²) in [6.45, 7) is 2.60. The van der Waals surface area contributed by atoms with Crippen molar-refractivity contribution in [3.8, 4) is 28.5 Å². The van der Waals surface area contributed by atoms with Crippen molar-refractivity contribution in [2.24, 2.45) is 0 Å². The SMILES string of the molecule is COc1ncccc1CN1CCC(n2cnc(-c3ccc(F)cc3)c2-c2ccncn2)C1. The van der Waals surface area contributed by atoms with E-state index in [2.05, 4.69) is 30.5 Å². The van der Waals surface area contributed by atoms with E-state index in [1.165, 1.54) is 18.5 Å². The van der Waals surface area contributed by atoms with Gasteiger partial charge in [-0.25, -0.2) is 24.3 Å². The predicted octanol–water partition coefficient (Wildman–Crippen LogP) is 4.00. The number of aromatic nitrogens is 5. The smallest absolute Gasteiger partial charge is 0.217 e. The van der Waals surface area contributed by atoms with Crippen molar-refractivity contribution >= 4 is 0 Å². The number of halogens is 1. The van der Waals surface area contributed by atoms with Crippen LogP contribution in [0.2, 0.25) is 0 Å². The molecule has 0 aliphatic carbocycles. The first-order chi connectivity index (χ1) is 15.7. The zero-order chi connectivity index (χ0) is 21.9. The molecule has 7 nitrogen and oxygen atoms in total. The van der Waals surface area contributed by atoms with Crippen LogP contribution in [-0.4, -0.2) is 49.6 Å². The van der Waals surface area contributed by atoms with Gasteiger partial charge in [0, 0.05) is 49.2 Å². The summed E-state index contributed by atoms with van der Waals surface area (Å²) >= 11 is 0. The van der Waals surface area contributed by atoms with Crippen molar-refractivity contribution in [1.29, 1.82) is 0 Å². The molecule has 1 aliphatic rings. The Morgan fingerprint density at radius 1 is 1.06 bits per heavy atom. The van der Waals surface area contributed by atoms with Crippen molar-refractivity contribution in [3.05, 3.63) is 78.9 Å². The van der Waals surface area contributed by atoms with Crippen LogP contribution >= 0.6 is 0 Å². The average Bonchev–Trinajstić information content (AvgIpc) is 3.48. The van der Waals surface area contributed by atoms with Crippen LogP contribution in [0.5, 0.6) is 5.88 Å². The van der Waals surface area contributed by atoms with Gasteiger partial charge >= 0.3 is 0 Å². The van der Waals surface area contributed by atoms with E-state index in [0.29, 0.717) is 5.88 Å². The van der Waals surface area contributed by atoms with E-state index in [4.69, 9.17) is 9.72 Å². The third kappa shape index (κ3) is 3.97. The van der Waals surface area contributed by atoms with E-state index in [1.54, 1.807) is 31.6 Å². The zero-order valence-corrected chi connectivity index (χ0v) is 17.7. The highest BCUT2D eigenvalue weighted by Crippen LogP contribution is 2.35. The van der Waals surface area contributed by atoms with Crippen LogP contribution in [0.3, 0.4) is 0 Å². The van der Waals surface area contributed by atoms with Crippen LogP contribution in [0.1, 0.15) is 18.0 Å². The third-order valence-electron chi connectivity index (χ3n) is 5.81. The van der Waals surface area contributed by atoms with Gasteiger partial charge in [-0.2, -0.15) is 0 Å². The second-order valence-electron chi connectivity index (χ2n) is 7.80. The highest BCUT2D eigenvalue weighted by molar-refractivity contribution is 5.76. The minimum absolute atomic E-state index is 0.240. The maximum absolute atomic E-state index is 13.5. The number of rotatable bonds is 6. The number of nitrogens with zero attached hydrogens (tertiary/aromatic N) is 6. The minimum Gasteiger partial charge on any atom is -0.481 e. The van der Waals surface area contributed by atoms with Gasteiger partial charge in [0.15, 0.2) is 0 Å². The predicted molar refractivity (Wildman–Crippen MR) is 118 cm³/mol. The Bertz CT molecular complexity index is 1190. The van der Waals surface area contributed by atoms with E-state index in [1.807, 2.05) is 18.5 Å². The Labute approximate surface area is 185 Å². The summed E-state index contributed by atoms with van der Waals surface area (Å²) in [4.78, 5) is 19.9. The van der Waals surface area contributed by atoms with Crippen molar-refractivity contribution in [2.75, 3.05) is 20.2 Å². The quantitative estimate of drug-likeness (QED) is 0.461. The molecule has 1 aliphatic heterocycles. The molecule has 1 unspecified atom stereocenters. The summed E-state index contributed by atoms with van der Waals surface area (Å²) in [7, 11) is 1.65. The summed E-state index contributed by atoms with van der Waals surface area (Å²) in [5.74, 6) is 0.396. The average molecular weight is 430 g/mol. The van der Waals surface area contributed by atoms with Gasteiger partial charge < -0.3 is 9.30 Å². The molecule has 32 heavy (non-hydrogen) atoms. The second-order valence-corrected chi connectivity index (χ2v) is 7.80. The summed E-state index contributed by atoms with van der Waals surface area (Å²) in [5, 5.41) is 0. The van der Waals surface area contributed by atoms with E-state index in [9.17, 15) is 4.39 Å². The topological polar surface area (TPSA) is 69.0 Å². The highest BCUT2D eigenvalue weighted by Gasteiger charge is 2.28. The molecule has 0 spiro atoms. The number of hydrogen-bond donors (Lipinski definition) is 0. The standard InChI is InChI=1S/C24H23FN6O/c1-32-24-18(3-2-10-27-24)13-30-12-9-20(14-30)31-16-29-22(17-4-6-19(25)7-5-17)23(31)21-8-11-26-15-28-21/h2-8,10-11,15-16,20H,9,12-14H2,1H3. The van der Waals surface area contributed by atoms with Gasteiger partial charge in [-0.15, -0.1) is 0 Å². The van der Waals surface area contributed by atoms with E-state index < -0.39 is 0 Å². The maximum Gasteiger partial charge on any atom is 0.217 e. The van der Waals surface area contributed by atoms with Crippen molar-refractivity contribution in [2.45, 2.75) is 19.0 Å². The Kier molecular flexibility index (Phi) is 5.60. The monoisotopic (exact) mass is 430 g/mol. The Morgan fingerprint density at radius 3 is 2.72 bits per heavy atom. The van der Waals surface area contributed by atoms with Gasteiger partial charge in [0.1, 0.15) is 12.1 Å². The normalized spacial score (nSPS) is 16.4. The lowest BCUT2D eigenvalue weighted by molar-refractivity contribution is 0.305. The number of imidazole rings is 1. The summed E-state index contributed by atoms with van der Waals surface area (Å²) < 4.78 is 21.1. The molecule has 0 radical (unpaired) electrons. The molecule has 1 saturated heterocycles. The van der Waals surface area contributed by atoms with Crippen molar-refractivity contribution in [1.82, 2.24) is 29.4 Å². The number of ether oxygens (including phenoxy) is 1. The fraction of sp³-hybridized carbons (Fsp3) is 0.250. The van der Waals surface area contributed by atoms with Gasteiger partial charge in [0.05, 0.1) is 30.5 Å². The lowest BCUT2D eigenvalue weighted by atomic mass is 10.1. The van der Waals surface area contributed by atoms with Gasteiger partial charge in [0.25, 0.3) is 0 Å². The lowest BCUT2D eigenvalue weighted by Gasteiger charge is -2.19. The molecule has 3 aromatic heterocycles. The lowest BCUT2D eigenvalue weighted by Crippen LogP contribution is -2.21. The molecule has 1 aromatic carbocycles. The van der Waals surface area contributed by atoms with Crippen LogP contribution in [0.15, 0.2) is 67.5 Å². The summed E-state index contributed by atoms with van der Waals surface area (Å²) in [6, 6.07) is 12.5. The first-order valence-corrected chi connectivity index (χ1v) is 10.5. The van der Waals surface area contributed by atoms with Gasteiger partial charge in [0.2, 0.25) is 5.88 Å². The molecule has 4 aromatic rings. The first kappa shape index (κ1) is 20.3. The molecule has 0 N–H and O–H groups in total. The van der Waals surface area contributed by atoms with E-state index in [0.717, 1.165) is 54.3 Å². The summed E-state index contributed by atoms with van der Waals surface area (Å²) in [5.41, 5.74) is 4.43. The fourth-order valence-corrected chi connectivity index (χ4v) is 4.29. The van der Waals surface area contributed by atoms with E-state index >= 15 is 0 Å². The Balaban J connectivity index is 1.45. The van der Waals surface area contributed by atoms with Crippen molar-refractivity contribution < 1.29 is 9.13 Å². The summed E-state index contributed by atoms with van der Waals surface area (Å²) in [6.07, 6.45) is 7.86. The molecular formula is C24H23FN6O. The Hall–Kier alpha value is -3.65. The van der Waals surface area contributed by atoms with Gasteiger partial charge in [-0.05, 0) is 42.8 Å². The van der Waals surface area contributed by atoms with Crippen LogP contribution < -0.4 is 4.74 Å². The number of methoxy groups -OCH3 is 1. The van der Waals surface area contributed by atoms with Crippen LogP contribution in [0.4, 0.5) is 4.39 Å². The fourth-order valence-electron chi connectivity index (χ4n) is 4.29. The molecule has 0 bridgehead atoms. The largest absolute Gasteiger partial charge is 0.481 e. The molecule has 0 amide bonds. The van der Waals surface area contributed by atoms with E-state index in [-0.39, 0.29) is 11.9 Å². The molecule has 1 atom stereocenters. The van der Waals surface area contributed by atoms with Gasteiger partial charge in [-0.3, -0.25) is 4.90 Å². The number of likely N-dealkylation sites (tertiary alicyclic amines) is 1. The van der Waals surface area contributed by atoms with Crippen molar-refractivity contribution in [3.63, 3.8) is 0 Å².